The molecule has 0 saturated carbocycles. The van der Waals surface area contributed by atoms with Gasteiger partial charge in [-0.3, -0.25) is 14.3 Å². The average molecular weight is 351 g/mol. The van der Waals surface area contributed by atoms with E-state index in [2.05, 4.69) is 9.88 Å². The van der Waals surface area contributed by atoms with Crippen molar-refractivity contribution in [2.24, 2.45) is 0 Å². The van der Waals surface area contributed by atoms with E-state index in [4.69, 9.17) is 9.47 Å². The van der Waals surface area contributed by atoms with Gasteiger partial charge in [0.25, 0.3) is 0 Å². The van der Waals surface area contributed by atoms with Gasteiger partial charge in [0.15, 0.2) is 5.82 Å². The second-order valence-electron chi connectivity index (χ2n) is 6.24. The quantitative estimate of drug-likeness (QED) is 0.707. The molecule has 0 amide bonds. The first-order valence-electron chi connectivity index (χ1n) is 8.79. The van der Waals surface area contributed by atoms with Crippen LogP contribution in [0.25, 0.3) is 11.0 Å². The molecule has 4 rings (SSSR count). The number of aromatic nitrogens is 2. The number of para-hydroxylation sites is 3. The third-order valence-corrected chi connectivity index (χ3v) is 4.45. The molecule has 0 unspecified atom stereocenters. The van der Waals surface area contributed by atoms with Crippen LogP contribution >= 0.6 is 0 Å². The Bertz CT molecular complexity index is 886. The first-order chi connectivity index (χ1) is 12.8. The molecule has 0 atom stereocenters. The fraction of sp³-hybridized carbons (Fsp3) is 0.300. The number of benzene rings is 2. The number of hydrogen-bond donors (Lipinski definition) is 0. The smallest absolute Gasteiger partial charge is 0.246 e. The molecule has 1 fully saturated rings. The maximum atomic E-state index is 13.0. The summed E-state index contributed by atoms with van der Waals surface area (Å²) >= 11 is 0. The largest absolute Gasteiger partial charge is 0.486 e. The standard InChI is InChI=1S/C20H21N3O3/c24-20(14-22-10-12-25-13-11-22)23-18-9-5-4-8-17(18)21-19(23)15-26-16-6-2-1-3-7-16/h1-9H,10-15H2. The minimum absolute atomic E-state index is 0.00672. The lowest BCUT2D eigenvalue weighted by Gasteiger charge is -2.26. The van der Waals surface area contributed by atoms with Gasteiger partial charge in [-0.2, -0.15) is 0 Å². The predicted octanol–water partition coefficient (Wildman–Crippen LogP) is 2.59. The van der Waals surface area contributed by atoms with Crippen molar-refractivity contribution in [3.63, 3.8) is 0 Å². The van der Waals surface area contributed by atoms with Crippen molar-refractivity contribution < 1.29 is 14.3 Å². The number of hydrogen-bond acceptors (Lipinski definition) is 5. The van der Waals surface area contributed by atoms with Crippen LogP contribution in [0, 0.1) is 0 Å². The summed E-state index contributed by atoms with van der Waals surface area (Å²) in [4.78, 5) is 19.7. The molecular weight excluding hydrogens is 330 g/mol. The van der Waals surface area contributed by atoms with E-state index in [0.29, 0.717) is 25.6 Å². The number of carbonyl (C=O) groups excluding carboxylic acids is 1. The average Bonchev–Trinajstić information content (AvgIpc) is 3.06. The molecular formula is C20H21N3O3. The zero-order valence-corrected chi connectivity index (χ0v) is 14.5. The number of morpholine rings is 1. The molecule has 0 radical (unpaired) electrons. The molecule has 2 aromatic carbocycles. The third kappa shape index (κ3) is 3.61. The van der Waals surface area contributed by atoms with E-state index in [1.54, 1.807) is 4.57 Å². The van der Waals surface area contributed by atoms with E-state index in [0.717, 1.165) is 29.9 Å². The van der Waals surface area contributed by atoms with Crippen LogP contribution in [-0.2, 0) is 11.3 Å². The molecule has 0 N–H and O–H groups in total. The lowest BCUT2D eigenvalue weighted by molar-refractivity contribution is 0.0348. The first kappa shape index (κ1) is 16.8. The van der Waals surface area contributed by atoms with Crippen LogP contribution in [0.5, 0.6) is 5.75 Å². The van der Waals surface area contributed by atoms with Crippen molar-refractivity contribution in [1.29, 1.82) is 0 Å². The van der Waals surface area contributed by atoms with Crippen LogP contribution in [-0.4, -0.2) is 53.2 Å². The summed E-state index contributed by atoms with van der Waals surface area (Å²) in [5.74, 6) is 1.38. The maximum Gasteiger partial charge on any atom is 0.246 e. The van der Waals surface area contributed by atoms with Gasteiger partial charge in [-0.1, -0.05) is 30.3 Å². The fourth-order valence-corrected chi connectivity index (χ4v) is 3.14. The summed E-state index contributed by atoms with van der Waals surface area (Å²) in [5.41, 5.74) is 1.62. The SMILES string of the molecule is O=C(CN1CCOCC1)n1c(COc2ccccc2)nc2ccccc21. The Morgan fingerprint density at radius 2 is 1.77 bits per heavy atom. The Labute approximate surface area is 152 Å². The van der Waals surface area contributed by atoms with Crippen molar-refractivity contribution in [3.8, 4) is 5.75 Å². The molecule has 0 spiro atoms. The van der Waals surface area contributed by atoms with Gasteiger partial charge < -0.3 is 9.47 Å². The Kier molecular flexibility index (Phi) is 4.95. The predicted molar refractivity (Wildman–Crippen MR) is 98.4 cm³/mol. The maximum absolute atomic E-state index is 13.0. The number of imidazole rings is 1. The Morgan fingerprint density at radius 1 is 1.04 bits per heavy atom. The highest BCUT2D eigenvalue weighted by molar-refractivity contribution is 5.92. The van der Waals surface area contributed by atoms with Crippen molar-refractivity contribution in [3.05, 3.63) is 60.4 Å². The number of ether oxygens (including phenoxy) is 2. The summed E-state index contributed by atoms with van der Waals surface area (Å²) in [6.45, 7) is 3.47. The van der Waals surface area contributed by atoms with E-state index < -0.39 is 0 Å². The molecule has 134 valence electrons. The van der Waals surface area contributed by atoms with Gasteiger partial charge >= 0.3 is 0 Å². The van der Waals surface area contributed by atoms with E-state index in [1.165, 1.54) is 0 Å². The Balaban J connectivity index is 1.59. The van der Waals surface area contributed by atoms with E-state index in [1.807, 2.05) is 54.6 Å². The van der Waals surface area contributed by atoms with E-state index >= 15 is 0 Å². The van der Waals surface area contributed by atoms with Crippen molar-refractivity contribution in [2.45, 2.75) is 6.61 Å². The van der Waals surface area contributed by atoms with Gasteiger partial charge in [-0.25, -0.2) is 4.98 Å². The second kappa shape index (κ2) is 7.68. The second-order valence-corrected chi connectivity index (χ2v) is 6.24. The van der Waals surface area contributed by atoms with Gasteiger partial charge in [0.1, 0.15) is 12.4 Å². The molecule has 0 aliphatic carbocycles. The normalized spacial score (nSPS) is 15.2. The van der Waals surface area contributed by atoms with Gasteiger partial charge in [0.2, 0.25) is 5.91 Å². The van der Waals surface area contributed by atoms with E-state index in [-0.39, 0.29) is 12.5 Å². The number of carbonyl (C=O) groups is 1. The van der Waals surface area contributed by atoms with Gasteiger partial charge in [0, 0.05) is 13.1 Å². The van der Waals surface area contributed by atoms with Crippen LogP contribution in [0.2, 0.25) is 0 Å². The zero-order chi connectivity index (χ0) is 17.8. The molecule has 0 bridgehead atoms. The Hall–Kier alpha value is -2.70. The minimum Gasteiger partial charge on any atom is -0.486 e. The number of fused-ring (bicyclic) bond motifs is 1. The third-order valence-electron chi connectivity index (χ3n) is 4.45. The van der Waals surface area contributed by atoms with Gasteiger partial charge in [0.05, 0.1) is 30.8 Å². The summed E-state index contributed by atoms with van der Waals surface area (Å²) in [6, 6.07) is 17.2. The van der Waals surface area contributed by atoms with Crippen LogP contribution in [0.3, 0.4) is 0 Å². The van der Waals surface area contributed by atoms with Crippen molar-refractivity contribution in [1.82, 2.24) is 14.5 Å². The van der Waals surface area contributed by atoms with Crippen LogP contribution in [0.15, 0.2) is 54.6 Å². The molecule has 2 heterocycles. The lowest BCUT2D eigenvalue weighted by atomic mass is 10.3. The van der Waals surface area contributed by atoms with E-state index in [9.17, 15) is 4.79 Å². The molecule has 1 aromatic heterocycles. The molecule has 1 aliphatic heterocycles. The fourth-order valence-electron chi connectivity index (χ4n) is 3.14. The number of rotatable bonds is 5. The van der Waals surface area contributed by atoms with Crippen LogP contribution < -0.4 is 4.74 Å². The summed E-state index contributed by atoms with van der Waals surface area (Å²) in [5, 5.41) is 0. The Morgan fingerprint density at radius 3 is 2.58 bits per heavy atom. The summed E-state index contributed by atoms with van der Waals surface area (Å²) in [7, 11) is 0. The highest BCUT2D eigenvalue weighted by atomic mass is 16.5. The van der Waals surface area contributed by atoms with Crippen molar-refractivity contribution >= 4 is 16.9 Å². The highest BCUT2D eigenvalue weighted by Crippen LogP contribution is 2.18. The van der Waals surface area contributed by atoms with Crippen molar-refractivity contribution in [2.75, 3.05) is 32.8 Å². The number of nitrogens with zero attached hydrogens (tertiary/aromatic N) is 3. The van der Waals surface area contributed by atoms with Crippen LogP contribution in [0.4, 0.5) is 0 Å². The minimum atomic E-state index is 0.00672. The summed E-state index contributed by atoms with van der Waals surface area (Å²) in [6.07, 6.45) is 0. The molecule has 26 heavy (non-hydrogen) atoms. The topological polar surface area (TPSA) is 56.6 Å². The molecule has 3 aromatic rings. The van der Waals surface area contributed by atoms with Gasteiger partial charge in [-0.05, 0) is 24.3 Å². The molecule has 1 saturated heterocycles. The van der Waals surface area contributed by atoms with Crippen LogP contribution in [0.1, 0.15) is 10.6 Å². The molecule has 6 nitrogen and oxygen atoms in total. The van der Waals surface area contributed by atoms with Gasteiger partial charge in [-0.15, -0.1) is 0 Å². The highest BCUT2D eigenvalue weighted by Gasteiger charge is 2.20. The first-order valence-corrected chi connectivity index (χ1v) is 8.79. The monoisotopic (exact) mass is 351 g/mol. The zero-order valence-electron chi connectivity index (χ0n) is 14.5. The summed E-state index contributed by atoms with van der Waals surface area (Å²) < 4.78 is 12.9. The lowest BCUT2D eigenvalue weighted by Crippen LogP contribution is -2.41. The molecule has 1 aliphatic rings. The molecule has 6 heteroatoms.